The Labute approximate surface area is 199 Å². The Morgan fingerprint density at radius 3 is 2.44 bits per heavy atom. The fraction of sp³-hybridized carbons (Fsp3) is 0.786. The van der Waals surface area contributed by atoms with Crippen molar-refractivity contribution in [2.45, 2.75) is 99.3 Å². The number of piperidine rings is 1. The zero-order valence-corrected chi connectivity index (χ0v) is 22.0. The highest BCUT2D eigenvalue weighted by molar-refractivity contribution is 5.88. The monoisotopic (exact) mass is 445 g/mol. The average molecular weight is 446 g/mol. The van der Waals surface area contributed by atoms with E-state index in [0.717, 1.165) is 74.9 Å². The Morgan fingerprint density at radius 1 is 1.12 bits per heavy atom. The number of guanidine groups is 1. The topological polar surface area (TPSA) is 37.2 Å². The standard InChI is InChI=1S/C28H51N3O/c1-8-12-27(16-13-23(5)10-3)24(6)14-15-25(7)32-22-26-17-20-31(21-18-26)28(29-11-4)30-19-9-2/h11,15,19,23-24,26-27H,4,8-10,12-14,16-18,20-22H2,1-3,5-7H3/b25-15+,29-28?,30-19?. The molecule has 1 rings (SSSR count). The summed E-state index contributed by atoms with van der Waals surface area (Å²) in [5.41, 5.74) is 0. The maximum absolute atomic E-state index is 6.16. The maximum Gasteiger partial charge on any atom is 0.224 e. The number of likely N-dealkylation sites (tertiary alicyclic amines) is 1. The molecule has 0 aromatic heterocycles. The lowest BCUT2D eigenvalue weighted by molar-refractivity contribution is 0.128. The van der Waals surface area contributed by atoms with Gasteiger partial charge in [-0.05, 0) is 68.8 Å². The van der Waals surface area contributed by atoms with Gasteiger partial charge in [-0.25, -0.2) is 9.98 Å². The summed E-state index contributed by atoms with van der Waals surface area (Å²) in [6, 6.07) is 0. The van der Waals surface area contributed by atoms with Crippen molar-refractivity contribution in [2.75, 3.05) is 19.7 Å². The highest BCUT2D eigenvalue weighted by Crippen LogP contribution is 2.28. The fourth-order valence-electron chi connectivity index (χ4n) is 4.39. The number of hydrogen-bond donors (Lipinski definition) is 0. The van der Waals surface area contributed by atoms with Crippen molar-refractivity contribution < 1.29 is 4.74 Å². The first-order valence-corrected chi connectivity index (χ1v) is 13.2. The number of hydrogen-bond acceptors (Lipinski definition) is 2. The molecule has 0 radical (unpaired) electrons. The van der Waals surface area contributed by atoms with Crippen molar-refractivity contribution in [3.8, 4) is 0 Å². The van der Waals surface area contributed by atoms with Gasteiger partial charge in [-0.2, -0.15) is 0 Å². The van der Waals surface area contributed by atoms with Crippen molar-refractivity contribution in [1.29, 1.82) is 0 Å². The molecular formula is C28H51N3O. The smallest absolute Gasteiger partial charge is 0.224 e. The molecule has 4 nitrogen and oxygen atoms in total. The van der Waals surface area contributed by atoms with E-state index in [0.29, 0.717) is 5.92 Å². The van der Waals surface area contributed by atoms with E-state index >= 15 is 0 Å². The van der Waals surface area contributed by atoms with Crippen LogP contribution in [-0.4, -0.2) is 36.8 Å². The Hall–Kier alpha value is -1.58. The van der Waals surface area contributed by atoms with Crippen LogP contribution < -0.4 is 0 Å². The molecule has 0 bridgehead atoms. The third kappa shape index (κ3) is 11.3. The summed E-state index contributed by atoms with van der Waals surface area (Å²) < 4.78 is 6.16. The lowest BCUT2D eigenvalue weighted by atomic mass is 9.82. The van der Waals surface area contributed by atoms with Crippen molar-refractivity contribution in [3.63, 3.8) is 0 Å². The number of allylic oxidation sites excluding steroid dienone is 2. The van der Waals surface area contributed by atoms with Gasteiger partial charge in [0, 0.05) is 25.5 Å². The molecular weight excluding hydrogens is 394 g/mol. The molecule has 32 heavy (non-hydrogen) atoms. The van der Waals surface area contributed by atoms with E-state index in [-0.39, 0.29) is 0 Å². The average Bonchev–Trinajstić information content (AvgIpc) is 2.81. The van der Waals surface area contributed by atoms with E-state index in [1.807, 2.05) is 6.21 Å². The number of rotatable bonds is 14. The Morgan fingerprint density at radius 2 is 1.84 bits per heavy atom. The van der Waals surface area contributed by atoms with E-state index in [4.69, 9.17) is 4.74 Å². The number of nitrogens with zero attached hydrogens (tertiary/aromatic N) is 3. The second-order valence-electron chi connectivity index (χ2n) is 9.74. The van der Waals surface area contributed by atoms with Crippen LogP contribution in [0.3, 0.4) is 0 Å². The molecule has 3 atom stereocenters. The van der Waals surface area contributed by atoms with E-state index in [2.05, 4.69) is 69.1 Å². The lowest BCUT2D eigenvalue weighted by Gasteiger charge is -2.32. The van der Waals surface area contributed by atoms with Crippen molar-refractivity contribution in [2.24, 2.45) is 33.7 Å². The van der Waals surface area contributed by atoms with Gasteiger partial charge in [-0.1, -0.05) is 66.9 Å². The second-order valence-corrected chi connectivity index (χ2v) is 9.74. The summed E-state index contributed by atoms with van der Waals surface area (Å²) in [6.07, 6.45) is 16.8. The molecule has 3 unspecified atom stereocenters. The van der Waals surface area contributed by atoms with Gasteiger partial charge in [0.15, 0.2) is 0 Å². The van der Waals surface area contributed by atoms with Crippen molar-refractivity contribution >= 4 is 12.2 Å². The SMILES string of the molecule is C=CN=C(N=CCC)N1CCC(CO/C(C)=C/CC(C)C(CCC)CCC(C)CC)CC1. The number of ether oxygens (including phenoxy) is 1. The first-order valence-electron chi connectivity index (χ1n) is 13.2. The summed E-state index contributed by atoms with van der Waals surface area (Å²) in [6.45, 7) is 20.2. The van der Waals surface area contributed by atoms with Gasteiger partial charge in [0.25, 0.3) is 0 Å². The van der Waals surface area contributed by atoms with Crippen LogP contribution in [0.4, 0.5) is 0 Å². The third-order valence-corrected chi connectivity index (χ3v) is 7.01. The molecule has 1 aliphatic heterocycles. The molecule has 1 fully saturated rings. The lowest BCUT2D eigenvalue weighted by Crippen LogP contribution is -2.38. The molecule has 0 N–H and O–H groups in total. The van der Waals surface area contributed by atoms with Gasteiger partial charge in [-0.3, -0.25) is 0 Å². The largest absolute Gasteiger partial charge is 0.498 e. The van der Waals surface area contributed by atoms with E-state index in [1.165, 1.54) is 32.1 Å². The summed E-state index contributed by atoms with van der Waals surface area (Å²) in [5.74, 6) is 4.91. The van der Waals surface area contributed by atoms with Crippen LogP contribution in [0.2, 0.25) is 0 Å². The molecule has 4 heteroatoms. The molecule has 0 aliphatic carbocycles. The van der Waals surface area contributed by atoms with Gasteiger partial charge >= 0.3 is 0 Å². The van der Waals surface area contributed by atoms with Crippen LogP contribution in [-0.2, 0) is 4.74 Å². The molecule has 0 aromatic rings. The van der Waals surface area contributed by atoms with Crippen LogP contribution in [0, 0.1) is 23.7 Å². The van der Waals surface area contributed by atoms with Gasteiger partial charge < -0.3 is 9.64 Å². The van der Waals surface area contributed by atoms with Crippen molar-refractivity contribution in [1.82, 2.24) is 4.90 Å². The molecule has 184 valence electrons. The van der Waals surface area contributed by atoms with Gasteiger partial charge in [0.1, 0.15) is 0 Å². The molecule has 0 spiro atoms. The quantitative estimate of drug-likeness (QED) is 0.155. The third-order valence-electron chi connectivity index (χ3n) is 7.01. The minimum atomic E-state index is 0.607. The highest BCUT2D eigenvalue weighted by Gasteiger charge is 2.22. The first kappa shape index (κ1) is 28.5. The predicted octanol–water partition coefficient (Wildman–Crippen LogP) is 7.87. The Balaban J connectivity index is 2.43. The minimum Gasteiger partial charge on any atom is -0.498 e. The molecule has 1 heterocycles. The minimum absolute atomic E-state index is 0.607. The zero-order valence-electron chi connectivity index (χ0n) is 22.0. The number of aliphatic imine (C=N–C) groups is 2. The highest BCUT2D eigenvalue weighted by atomic mass is 16.5. The molecule has 1 saturated heterocycles. The van der Waals surface area contributed by atoms with Gasteiger partial charge in [-0.15, -0.1) is 0 Å². The van der Waals surface area contributed by atoms with E-state index < -0.39 is 0 Å². The van der Waals surface area contributed by atoms with Gasteiger partial charge in [0.2, 0.25) is 5.96 Å². The molecule has 1 aliphatic rings. The van der Waals surface area contributed by atoms with Crippen LogP contribution in [0.25, 0.3) is 0 Å². The zero-order chi connectivity index (χ0) is 23.8. The second kappa shape index (κ2) is 17.0. The molecule has 0 amide bonds. The molecule has 0 aromatic carbocycles. The summed E-state index contributed by atoms with van der Waals surface area (Å²) >= 11 is 0. The predicted molar refractivity (Wildman–Crippen MR) is 141 cm³/mol. The van der Waals surface area contributed by atoms with Crippen LogP contribution >= 0.6 is 0 Å². The summed E-state index contributed by atoms with van der Waals surface area (Å²) in [4.78, 5) is 11.1. The van der Waals surface area contributed by atoms with Crippen LogP contribution in [0.15, 0.2) is 34.6 Å². The maximum atomic E-state index is 6.16. The fourth-order valence-corrected chi connectivity index (χ4v) is 4.39. The van der Waals surface area contributed by atoms with E-state index in [9.17, 15) is 0 Å². The Kier molecular flexibility index (Phi) is 15.1. The Bertz CT molecular complexity index is 587. The van der Waals surface area contributed by atoms with Gasteiger partial charge in [0.05, 0.1) is 12.4 Å². The summed E-state index contributed by atoms with van der Waals surface area (Å²) in [7, 11) is 0. The summed E-state index contributed by atoms with van der Waals surface area (Å²) in [5, 5.41) is 0. The van der Waals surface area contributed by atoms with Crippen molar-refractivity contribution in [3.05, 3.63) is 24.6 Å². The normalized spacial score (nSPS) is 19.2. The van der Waals surface area contributed by atoms with Crippen LogP contribution in [0.5, 0.6) is 0 Å². The molecule has 0 saturated carbocycles. The van der Waals surface area contributed by atoms with Crippen LogP contribution in [0.1, 0.15) is 99.3 Å². The first-order chi connectivity index (χ1) is 15.4. The van der Waals surface area contributed by atoms with E-state index in [1.54, 1.807) is 6.20 Å².